The van der Waals surface area contributed by atoms with Crippen molar-refractivity contribution in [3.63, 3.8) is 0 Å². The van der Waals surface area contributed by atoms with Gasteiger partial charge in [0.1, 0.15) is 0 Å². The van der Waals surface area contributed by atoms with Crippen LogP contribution in [0.3, 0.4) is 0 Å². The summed E-state index contributed by atoms with van der Waals surface area (Å²) in [5, 5.41) is 5.20. The topological polar surface area (TPSA) is 29.1 Å². The summed E-state index contributed by atoms with van der Waals surface area (Å²) in [6.45, 7) is 0. The van der Waals surface area contributed by atoms with Gasteiger partial charge in [0.25, 0.3) is 5.91 Å². The summed E-state index contributed by atoms with van der Waals surface area (Å²) in [7, 11) is 0. The number of rotatable bonds is 4. The Morgan fingerprint density at radius 3 is 2.39 bits per heavy atom. The molecule has 3 aromatic rings. The lowest BCUT2D eigenvalue weighted by Crippen LogP contribution is -2.28. The molecule has 1 amide bonds. The van der Waals surface area contributed by atoms with Crippen molar-refractivity contribution >= 4 is 16.7 Å². The SMILES string of the molecule is C#CCC(NC(=O)c1ccc2ccccc2c1)c1ccccc1. The molecule has 0 spiro atoms. The van der Waals surface area contributed by atoms with E-state index in [0.29, 0.717) is 12.0 Å². The first-order valence-corrected chi connectivity index (χ1v) is 7.56. The summed E-state index contributed by atoms with van der Waals surface area (Å²) in [6, 6.07) is 23.3. The number of amides is 1. The van der Waals surface area contributed by atoms with Crippen molar-refractivity contribution in [3.8, 4) is 12.3 Å². The average Bonchev–Trinajstić information content (AvgIpc) is 2.61. The molecule has 112 valence electrons. The Kier molecular flexibility index (Phi) is 4.40. The predicted molar refractivity (Wildman–Crippen MR) is 94.0 cm³/mol. The Bertz CT molecular complexity index is 862. The van der Waals surface area contributed by atoms with E-state index >= 15 is 0 Å². The standard InChI is InChI=1S/C21H17NO/c1-2-8-20(17-10-4-3-5-11-17)22-21(23)19-14-13-16-9-6-7-12-18(16)15-19/h1,3-7,9-15,20H,8H2,(H,22,23). The van der Waals surface area contributed by atoms with Crippen LogP contribution in [0, 0.1) is 12.3 Å². The summed E-state index contributed by atoms with van der Waals surface area (Å²) in [6.07, 6.45) is 5.92. The fourth-order valence-electron chi connectivity index (χ4n) is 2.63. The quantitative estimate of drug-likeness (QED) is 0.714. The van der Waals surface area contributed by atoms with Crippen LogP contribution in [0.2, 0.25) is 0 Å². The Morgan fingerprint density at radius 2 is 1.65 bits per heavy atom. The minimum Gasteiger partial charge on any atom is -0.344 e. The smallest absolute Gasteiger partial charge is 0.251 e. The molecule has 0 saturated heterocycles. The molecule has 2 heteroatoms. The van der Waals surface area contributed by atoms with Gasteiger partial charge in [0.05, 0.1) is 6.04 Å². The van der Waals surface area contributed by atoms with Gasteiger partial charge in [0.15, 0.2) is 0 Å². The zero-order chi connectivity index (χ0) is 16.1. The minimum absolute atomic E-state index is 0.111. The number of nitrogens with one attached hydrogen (secondary N) is 1. The molecular formula is C21H17NO. The van der Waals surface area contributed by atoms with Crippen LogP contribution in [0.25, 0.3) is 10.8 Å². The van der Waals surface area contributed by atoms with Crippen molar-refractivity contribution in [1.29, 1.82) is 0 Å². The monoisotopic (exact) mass is 299 g/mol. The summed E-state index contributed by atoms with van der Waals surface area (Å²) in [5.41, 5.74) is 1.65. The number of hydrogen-bond acceptors (Lipinski definition) is 1. The van der Waals surface area contributed by atoms with Crippen LogP contribution in [0.5, 0.6) is 0 Å². The fourth-order valence-corrected chi connectivity index (χ4v) is 2.63. The highest BCUT2D eigenvalue weighted by Gasteiger charge is 2.15. The number of carbonyl (C=O) groups is 1. The lowest BCUT2D eigenvalue weighted by molar-refractivity contribution is 0.0937. The summed E-state index contributed by atoms with van der Waals surface area (Å²) >= 11 is 0. The molecule has 23 heavy (non-hydrogen) atoms. The molecule has 0 aliphatic carbocycles. The molecule has 1 atom stereocenters. The Morgan fingerprint density at radius 1 is 0.957 bits per heavy atom. The van der Waals surface area contributed by atoms with E-state index < -0.39 is 0 Å². The highest BCUT2D eigenvalue weighted by atomic mass is 16.1. The van der Waals surface area contributed by atoms with E-state index in [-0.39, 0.29) is 11.9 Å². The predicted octanol–water partition coefficient (Wildman–Crippen LogP) is 4.33. The zero-order valence-electron chi connectivity index (χ0n) is 12.7. The largest absolute Gasteiger partial charge is 0.344 e. The molecule has 3 rings (SSSR count). The second-order valence-electron chi connectivity index (χ2n) is 5.41. The molecular weight excluding hydrogens is 282 g/mol. The van der Waals surface area contributed by atoms with Gasteiger partial charge in [0, 0.05) is 12.0 Å². The number of carbonyl (C=O) groups excluding carboxylic acids is 1. The van der Waals surface area contributed by atoms with Gasteiger partial charge in [0.2, 0.25) is 0 Å². The first-order valence-electron chi connectivity index (χ1n) is 7.56. The molecule has 1 unspecified atom stereocenters. The zero-order valence-corrected chi connectivity index (χ0v) is 12.7. The normalized spacial score (nSPS) is 11.6. The Hall–Kier alpha value is -3.05. The van der Waals surface area contributed by atoms with Gasteiger partial charge in [-0.2, -0.15) is 0 Å². The molecule has 0 aliphatic heterocycles. The van der Waals surface area contributed by atoms with Gasteiger partial charge in [-0.1, -0.05) is 60.7 Å². The Labute approximate surface area is 136 Å². The fraction of sp³-hybridized carbons (Fsp3) is 0.0952. The van der Waals surface area contributed by atoms with Crippen molar-refractivity contribution in [3.05, 3.63) is 83.9 Å². The molecule has 0 radical (unpaired) electrons. The van der Waals surface area contributed by atoms with Crippen LogP contribution in [-0.4, -0.2) is 5.91 Å². The van der Waals surface area contributed by atoms with Crippen LogP contribution in [0.4, 0.5) is 0 Å². The van der Waals surface area contributed by atoms with Crippen molar-refractivity contribution in [1.82, 2.24) is 5.32 Å². The summed E-state index contributed by atoms with van der Waals surface area (Å²) in [4.78, 5) is 12.6. The number of hydrogen-bond donors (Lipinski definition) is 1. The van der Waals surface area contributed by atoms with E-state index in [4.69, 9.17) is 6.42 Å². The molecule has 0 aliphatic rings. The number of terminal acetylenes is 1. The first kappa shape index (κ1) is 14.9. The van der Waals surface area contributed by atoms with Crippen molar-refractivity contribution in [2.24, 2.45) is 0 Å². The Balaban J connectivity index is 1.84. The van der Waals surface area contributed by atoms with E-state index in [2.05, 4.69) is 11.2 Å². The molecule has 0 fully saturated rings. The lowest BCUT2D eigenvalue weighted by atomic mass is 10.0. The van der Waals surface area contributed by atoms with E-state index in [9.17, 15) is 4.79 Å². The highest BCUT2D eigenvalue weighted by molar-refractivity contribution is 5.98. The van der Waals surface area contributed by atoms with Crippen LogP contribution in [-0.2, 0) is 0 Å². The third-order valence-corrected chi connectivity index (χ3v) is 3.84. The molecule has 0 aromatic heterocycles. The van der Waals surface area contributed by atoms with E-state index in [0.717, 1.165) is 16.3 Å². The molecule has 0 heterocycles. The lowest BCUT2D eigenvalue weighted by Gasteiger charge is -2.17. The van der Waals surface area contributed by atoms with E-state index in [1.54, 1.807) is 0 Å². The van der Waals surface area contributed by atoms with Gasteiger partial charge < -0.3 is 5.32 Å². The van der Waals surface area contributed by atoms with Crippen LogP contribution in [0.15, 0.2) is 72.8 Å². The van der Waals surface area contributed by atoms with Crippen LogP contribution < -0.4 is 5.32 Å². The maximum atomic E-state index is 12.6. The number of benzene rings is 3. The van der Waals surface area contributed by atoms with Crippen LogP contribution in [0.1, 0.15) is 28.4 Å². The molecule has 2 nitrogen and oxygen atoms in total. The summed E-state index contributed by atoms with van der Waals surface area (Å²) in [5.74, 6) is 2.53. The van der Waals surface area contributed by atoms with Gasteiger partial charge in [-0.05, 0) is 28.5 Å². The van der Waals surface area contributed by atoms with Gasteiger partial charge in [-0.3, -0.25) is 4.79 Å². The maximum Gasteiger partial charge on any atom is 0.251 e. The molecule has 3 aromatic carbocycles. The average molecular weight is 299 g/mol. The van der Waals surface area contributed by atoms with Gasteiger partial charge in [-0.25, -0.2) is 0 Å². The molecule has 1 N–H and O–H groups in total. The van der Waals surface area contributed by atoms with Crippen molar-refractivity contribution < 1.29 is 4.79 Å². The van der Waals surface area contributed by atoms with Crippen LogP contribution >= 0.6 is 0 Å². The maximum absolute atomic E-state index is 12.6. The third kappa shape index (κ3) is 3.41. The van der Waals surface area contributed by atoms with Gasteiger partial charge >= 0.3 is 0 Å². The highest BCUT2D eigenvalue weighted by Crippen LogP contribution is 2.19. The number of fused-ring (bicyclic) bond motifs is 1. The van der Waals surface area contributed by atoms with Gasteiger partial charge in [-0.15, -0.1) is 12.3 Å². The van der Waals surface area contributed by atoms with Crippen molar-refractivity contribution in [2.75, 3.05) is 0 Å². The molecule has 0 bridgehead atoms. The second kappa shape index (κ2) is 6.81. The minimum atomic E-state index is -0.180. The third-order valence-electron chi connectivity index (χ3n) is 3.84. The van der Waals surface area contributed by atoms with E-state index in [1.165, 1.54) is 0 Å². The van der Waals surface area contributed by atoms with E-state index in [1.807, 2.05) is 72.8 Å². The first-order chi connectivity index (χ1) is 11.3. The van der Waals surface area contributed by atoms with Crippen molar-refractivity contribution in [2.45, 2.75) is 12.5 Å². The second-order valence-corrected chi connectivity index (χ2v) is 5.41. The summed E-state index contributed by atoms with van der Waals surface area (Å²) < 4.78 is 0. The molecule has 0 saturated carbocycles.